The van der Waals surface area contributed by atoms with Gasteiger partial charge in [-0.2, -0.15) is 0 Å². The van der Waals surface area contributed by atoms with Gasteiger partial charge in [-0.15, -0.1) is 0 Å². The number of esters is 1. The molecule has 0 heterocycles. The topological polar surface area (TPSA) is 69.4 Å². The molecule has 0 spiro atoms. The van der Waals surface area contributed by atoms with Crippen LogP contribution >= 0.6 is 0 Å². The molecule has 0 saturated heterocycles. The number of rotatable bonds is 3. The van der Waals surface area contributed by atoms with Gasteiger partial charge in [-0.1, -0.05) is 6.08 Å². The van der Waals surface area contributed by atoms with Crippen LogP contribution in [0.1, 0.15) is 6.42 Å². The van der Waals surface area contributed by atoms with E-state index in [0.29, 0.717) is 6.42 Å². The van der Waals surface area contributed by atoms with E-state index in [2.05, 4.69) is 4.74 Å². The van der Waals surface area contributed by atoms with Gasteiger partial charge in [0.05, 0.1) is 12.0 Å². The minimum atomic E-state index is -0.457. The molecule has 84 valence electrons. The van der Waals surface area contributed by atoms with E-state index in [1.807, 2.05) is 0 Å². The SMILES string of the molecule is COC(=O)/C=C/C1=CCC=C([N+](=O)[O-])C=C1. The molecule has 0 fully saturated rings. The lowest BCUT2D eigenvalue weighted by Crippen LogP contribution is -1.94. The van der Waals surface area contributed by atoms with Crippen LogP contribution < -0.4 is 0 Å². The zero-order valence-corrected chi connectivity index (χ0v) is 8.75. The third-order valence-electron chi connectivity index (χ3n) is 1.95. The molecule has 0 bridgehead atoms. The molecular weight excluding hydrogens is 210 g/mol. The van der Waals surface area contributed by atoms with Crippen LogP contribution in [-0.4, -0.2) is 18.0 Å². The first-order valence-electron chi connectivity index (χ1n) is 4.62. The Balaban J connectivity index is 2.71. The number of hydrogen-bond acceptors (Lipinski definition) is 4. The van der Waals surface area contributed by atoms with Crippen molar-refractivity contribution >= 4 is 5.97 Å². The second-order valence-electron chi connectivity index (χ2n) is 3.02. The molecule has 1 aliphatic carbocycles. The molecule has 0 aromatic heterocycles. The van der Waals surface area contributed by atoms with Gasteiger partial charge in [-0.3, -0.25) is 10.1 Å². The summed E-state index contributed by atoms with van der Waals surface area (Å²) in [6, 6.07) is 0. The number of nitrogens with zero attached hydrogens (tertiary/aromatic N) is 1. The average Bonchev–Trinajstić information content (AvgIpc) is 2.51. The summed E-state index contributed by atoms with van der Waals surface area (Å²) >= 11 is 0. The van der Waals surface area contributed by atoms with Gasteiger partial charge >= 0.3 is 5.97 Å². The van der Waals surface area contributed by atoms with E-state index in [9.17, 15) is 14.9 Å². The highest BCUT2D eigenvalue weighted by Crippen LogP contribution is 2.11. The van der Waals surface area contributed by atoms with E-state index < -0.39 is 10.9 Å². The summed E-state index contributed by atoms with van der Waals surface area (Å²) in [5, 5.41) is 10.5. The van der Waals surface area contributed by atoms with E-state index in [1.54, 1.807) is 18.2 Å². The summed E-state index contributed by atoms with van der Waals surface area (Å²) in [5.41, 5.74) is 0.788. The quantitative estimate of drug-likeness (QED) is 0.315. The van der Waals surface area contributed by atoms with Gasteiger partial charge in [0, 0.05) is 12.2 Å². The van der Waals surface area contributed by atoms with Gasteiger partial charge in [-0.25, -0.2) is 4.79 Å². The Hall–Kier alpha value is -2.17. The number of carbonyl (C=O) groups excluding carboxylic acids is 1. The van der Waals surface area contributed by atoms with Crippen LogP contribution in [0.2, 0.25) is 0 Å². The van der Waals surface area contributed by atoms with Gasteiger partial charge in [-0.05, 0) is 30.2 Å². The van der Waals surface area contributed by atoms with E-state index in [1.165, 1.54) is 25.3 Å². The Labute approximate surface area is 92.6 Å². The fourth-order valence-corrected chi connectivity index (χ4v) is 1.12. The highest BCUT2D eigenvalue weighted by atomic mass is 16.6. The summed E-state index contributed by atoms with van der Waals surface area (Å²) < 4.78 is 4.43. The molecule has 5 nitrogen and oxygen atoms in total. The normalized spacial score (nSPS) is 15.3. The van der Waals surface area contributed by atoms with Crippen LogP contribution in [0.3, 0.4) is 0 Å². The molecule has 0 saturated carbocycles. The Bertz CT molecular complexity index is 416. The zero-order chi connectivity index (χ0) is 12.0. The summed E-state index contributed by atoms with van der Waals surface area (Å²) in [5.74, 6) is -0.457. The Kier molecular flexibility index (Phi) is 4.20. The number of hydrogen-bond donors (Lipinski definition) is 0. The van der Waals surface area contributed by atoms with Crippen LogP contribution in [0.15, 0.2) is 47.7 Å². The smallest absolute Gasteiger partial charge is 0.330 e. The Morgan fingerprint density at radius 1 is 1.50 bits per heavy atom. The predicted molar refractivity (Wildman–Crippen MR) is 58.1 cm³/mol. The summed E-state index contributed by atoms with van der Waals surface area (Å²) in [7, 11) is 1.29. The van der Waals surface area contributed by atoms with Gasteiger partial charge in [0.2, 0.25) is 0 Å². The lowest BCUT2D eigenvalue weighted by Gasteiger charge is -1.91. The number of carbonyl (C=O) groups is 1. The van der Waals surface area contributed by atoms with Crippen molar-refractivity contribution in [3.63, 3.8) is 0 Å². The van der Waals surface area contributed by atoms with Gasteiger partial charge < -0.3 is 4.74 Å². The van der Waals surface area contributed by atoms with Crippen molar-refractivity contribution in [2.75, 3.05) is 7.11 Å². The summed E-state index contributed by atoms with van der Waals surface area (Å²) in [6.07, 6.45) is 9.57. The molecule has 16 heavy (non-hydrogen) atoms. The highest BCUT2D eigenvalue weighted by Gasteiger charge is 2.06. The van der Waals surface area contributed by atoms with Crippen LogP contribution in [0.25, 0.3) is 0 Å². The lowest BCUT2D eigenvalue weighted by atomic mass is 10.2. The molecule has 0 N–H and O–H groups in total. The fourth-order valence-electron chi connectivity index (χ4n) is 1.12. The third-order valence-corrected chi connectivity index (χ3v) is 1.95. The molecule has 0 amide bonds. The number of nitro groups is 1. The molecule has 1 rings (SSSR count). The third kappa shape index (κ3) is 3.53. The Morgan fingerprint density at radius 3 is 2.88 bits per heavy atom. The summed E-state index contributed by atoms with van der Waals surface area (Å²) in [4.78, 5) is 20.9. The number of methoxy groups -OCH3 is 1. The van der Waals surface area contributed by atoms with Crippen molar-refractivity contribution in [3.8, 4) is 0 Å². The maximum Gasteiger partial charge on any atom is 0.330 e. The molecular formula is C11H11NO4. The average molecular weight is 221 g/mol. The molecule has 0 aliphatic heterocycles. The first kappa shape index (κ1) is 11.9. The van der Waals surface area contributed by atoms with Crippen molar-refractivity contribution in [3.05, 3.63) is 57.8 Å². The maximum atomic E-state index is 10.8. The second kappa shape index (κ2) is 5.65. The number of ether oxygens (including phenoxy) is 1. The molecule has 0 radical (unpaired) electrons. The van der Waals surface area contributed by atoms with Crippen molar-refractivity contribution in [1.82, 2.24) is 0 Å². The second-order valence-corrected chi connectivity index (χ2v) is 3.02. The predicted octanol–water partition coefficient (Wildman–Crippen LogP) is 1.76. The van der Waals surface area contributed by atoms with E-state index in [0.717, 1.165) is 5.57 Å². The first-order valence-corrected chi connectivity index (χ1v) is 4.62. The number of allylic oxidation sites excluding steroid dienone is 6. The first-order chi connectivity index (χ1) is 7.63. The van der Waals surface area contributed by atoms with Crippen LogP contribution in [0, 0.1) is 10.1 Å². The highest BCUT2D eigenvalue weighted by molar-refractivity contribution is 5.82. The fraction of sp³-hybridized carbons (Fsp3) is 0.182. The van der Waals surface area contributed by atoms with Crippen LogP contribution in [0.4, 0.5) is 0 Å². The lowest BCUT2D eigenvalue weighted by molar-refractivity contribution is -0.419. The minimum absolute atomic E-state index is 0.0534. The standard InChI is InChI=1S/C11H11NO4/c1-16-11(13)8-6-9-3-2-4-10(7-5-9)12(14)15/h3-8H,2H2,1H3/b8-6+. The van der Waals surface area contributed by atoms with Crippen LogP contribution in [0.5, 0.6) is 0 Å². The molecule has 5 heteroatoms. The van der Waals surface area contributed by atoms with Crippen molar-refractivity contribution in [2.24, 2.45) is 0 Å². The van der Waals surface area contributed by atoms with E-state index in [4.69, 9.17) is 0 Å². The van der Waals surface area contributed by atoms with Crippen LogP contribution in [-0.2, 0) is 9.53 Å². The van der Waals surface area contributed by atoms with Crippen molar-refractivity contribution in [1.29, 1.82) is 0 Å². The molecule has 1 aliphatic rings. The van der Waals surface area contributed by atoms with E-state index in [-0.39, 0.29) is 5.70 Å². The molecule has 0 unspecified atom stereocenters. The molecule has 0 aromatic carbocycles. The van der Waals surface area contributed by atoms with E-state index >= 15 is 0 Å². The van der Waals surface area contributed by atoms with Gasteiger partial charge in [0.25, 0.3) is 5.70 Å². The molecule has 0 atom stereocenters. The minimum Gasteiger partial charge on any atom is -0.466 e. The maximum absolute atomic E-state index is 10.8. The molecule has 0 aromatic rings. The summed E-state index contributed by atoms with van der Waals surface area (Å²) in [6.45, 7) is 0. The monoisotopic (exact) mass is 221 g/mol. The van der Waals surface area contributed by atoms with Gasteiger partial charge in [0.15, 0.2) is 0 Å². The van der Waals surface area contributed by atoms with Crippen molar-refractivity contribution < 1.29 is 14.5 Å². The largest absolute Gasteiger partial charge is 0.466 e. The van der Waals surface area contributed by atoms with Crippen molar-refractivity contribution in [2.45, 2.75) is 6.42 Å². The zero-order valence-electron chi connectivity index (χ0n) is 8.75. The Morgan fingerprint density at radius 2 is 2.25 bits per heavy atom. The van der Waals surface area contributed by atoms with Gasteiger partial charge in [0.1, 0.15) is 0 Å².